The lowest BCUT2D eigenvalue weighted by Gasteiger charge is -2.29. The van der Waals surface area contributed by atoms with Gasteiger partial charge in [0.2, 0.25) is 0 Å². The van der Waals surface area contributed by atoms with E-state index in [1.165, 1.54) is 0 Å². The molecule has 3 N–H and O–H groups in total. The van der Waals surface area contributed by atoms with Crippen LogP contribution in [-0.4, -0.2) is 27.7 Å². The Labute approximate surface area is 113 Å². The highest BCUT2D eigenvalue weighted by atomic mass is 16.5. The van der Waals surface area contributed by atoms with E-state index in [4.69, 9.17) is 15.6 Å². The zero-order valence-electron chi connectivity index (χ0n) is 12.0. The summed E-state index contributed by atoms with van der Waals surface area (Å²) in [4.78, 5) is 19.4. The van der Waals surface area contributed by atoms with E-state index in [0.29, 0.717) is 18.1 Å². The lowest BCUT2D eigenvalue weighted by molar-refractivity contribution is -0.0191. The van der Waals surface area contributed by atoms with Gasteiger partial charge in [-0.15, -0.1) is 0 Å². The molecular formula is C13H21N3O3. The summed E-state index contributed by atoms with van der Waals surface area (Å²) in [5.41, 5.74) is 5.81. The molecule has 0 bridgehead atoms. The van der Waals surface area contributed by atoms with E-state index >= 15 is 0 Å². The first-order valence-corrected chi connectivity index (χ1v) is 6.17. The van der Waals surface area contributed by atoms with Crippen molar-refractivity contribution >= 4 is 11.8 Å². The molecule has 0 saturated heterocycles. The fourth-order valence-electron chi connectivity index (χ4n) is 1.88. The van der Waals surface area contributed by atoms with E-state index in [1.54, 1.807) is 6.92 Å². The van der Waals surface area contributed by atoms with Gasteiger partial charge in [0, 0.05) is 6.61 Å². The number of rotatable bonds is 4. The van der Waals surface area contributed by atoms with Gasteiger partial charge in [-0.25, -0.2) is 14.8 Å². The molecule has 0 radical (unpaired) electrons. The van der Waals surface area contributed by atoms with Crippen LogP contribution < -0.4 is 5.73 Å². The number of aromatic nitrogens is 2. The van der Waals surface area contributed by atoms with Crippen LogP contribution in [0.3, 0.4) is 0 Å². The van der Waals surface area contributed by atoms with E-state index in [-0.39, 0.29) is 22.9 Å². The monoisotopic (exact) mass is 267 g/mol. The van der Waals surface area contributed by atoms with Crippen LogP contribution in [0.25, 0.3) is 0 Å². The Morgan fingerprint density at radius 2 is 2.00 bits per heavy atom. The molecule has 0 aliphatic heterocycles. The zero-order valence-corrected chi connectivity index (χ0v) is 12.0. The van der Waals surface area contributed by atoms with Gasteiger partial charge in [0.1, 0.15) is 17.5 Å². The Balaban J connectivity index is 3.31. The molecule has 1 unspecified atom stereocenters. The van der Waals surface area contributed by atoms with Crippen molar-refractivity contribution in [3.05, 3.63) is 17.1 Å². The molecule has 0 aliphatic carbocycles. The molecule has 6 nitrogen and oxygen atoms in total. The summed E-state index contributed by atoms with van der Waals surface area (Å²) >= 11 is 0. The largest absolute Gasteiger partial charge is 0.477 e. The summed E-state index contributed by atoms with van der Waals surface area (Å²) in [6.45, 7) is 10.0. The molecule has 19 heavy (non-hydrogen) atoms. The van der Waals surface area contributed by atoms with Crippen molar-refractivity contribution in [2.45, 2.75) is 40.7 Å². The highest BCUT2D eigenvalue weighted by molar-refractivity contribution is 5.93. The first kappa shape index (κ1) is 15.4. The molecule has 1 atom stereocenters. The molecular weight excluding hydrogens is 246 g/mol. The molecule has 0 aliphatic rings. The van der Waals surface area contributed by atoms with Crippen LogP contribution in [0.15, 0.2) is 0 Å². The molecule has 1 aromatic rings. The molecule has 1 aromatic heterocycles. The normalized spacial score (nSPS) is 13.3. The summed E-state index contributed by atoms with van der Waals surface area (Å²) in [5, 5.41) is 9.05. The Morgan fingerprint density at radius 1 is 1.42 bits per heavy atom. The van der Waals surface area contributed by atoms with Crippen molar-refractivity contribution in [1.29, 1.82) is 0 Å². The number of ether oxygens (including phenoxy) is 1. The Hall–Kier alpha value is -1.69. The lowest BCUT2D eigenvalue weighted by Crippen LogP contribution is -2.25. The SMILES string of the molecule is CCOC(c1nc(C)c(C(=O)O)c(N)n1)C(C)(C)C. The van der Waals surface area contributed by atoms with Gasteiger partial charge in [-0.1, -0.05) is 20.8 Å². The van der Waals surface area contributed by atoms with Crippen LogP contribution in [0.1, 0.15) is 55.7 Å². The minimum absolute atomic E-state index is 0.0241. The van der Waals surface area contributed by atoms with E-state index in [1.807, 2.05) is 27.7 Å². The predicted octanol–water partition coefficient (Wildman–Crippen LogP) is 2.19. The lowest BCUT2D eigenvalue weighted by atomic mass is 9.88. The summed E-state index contributed by atoms with van der Waals surface area (Å²) < 4.78 is 5.67. The average molecular weight is 267 g/mol. The summed E-state index contributed by atoms with van der Waals surface area (Å²) in [6, 6.07) is 0. The van der Waals surface area contributed by atoms with Gasteiger partial charge in [-0.3, -0.25) is 0 Å². The molecule has 0 fully saturated rings. The first-order valence-electron chi connectivity index (χ1n) is 6.17. The van der Waals surface area contributed by atoms with Crippen molar-refractivity contribution < 1.29 is 14.6 Å². The summed E-state index contributed by atoms with van der Waals surface area (Å²) in [5.74, 6) is -0.719. The van der Waals surface area contributed by atoms with Crippen molar-refractivity contribution in [2.24, 2.45) is 5.41 Å². The second-order valence-electron chi connectivity index (χ2n) is 5.43. The molecule has 1 rings (SSSR count). The van der Waals surface area contributed by atoms with Gasteiger partial charge in [0.15, 0.2) is 5.82 Å². The van der Waals surface area contributed by atoms with Gasteiger partial charge >= 0.3 is 5.97 Å². The molecule has 0 saturated carbocycles. The van der Waals surface area contributed by atoms with E-state index in [9.17, 15) is 4.79 Å². The van der Waals surface area contributed by atoms with E-state index < -0.39 is 5.97 Å². The number of carbonyl (C=O) groups is 1. The number of carboxylic acids is 1. The molecule has 0 spiro atoms. The average Bonchev–Trinajstić information content (AvgIpc) is 2.22. The van der Waals surface area contributed by atoms with Crippen LogP contribution in [0.5, 0.6) is 0 Å². The molecule has 1 heterocycles. The third-order valence-electron chi connectivity index (χ3n) is 2.70. The Kier molecular flexibility index (Phi) is 4.47. The van der Waals surface area contributed by atoms with Crippen molar-refractivity contribution in [1.82, 2.24) is 9.97 Å². The smallest absolute Gasteiger partial charge is 0.341 e. The third kappa shape index (κ3) is 3.41. The second kappa shape index (κ2) is 5.52. The number of hydrogen-bond donors (Lipinski definition) is 2. The molecule has 106 valence electrons. The van der Waals surface area contributed by atoms with Crippen LogP contribution in [-0.2, 0) is 4.74 Å². The quantitative estimate of drug-likeness (QED) is 0.867. The number of nitrogen functional groups attached to an aromatic ring is 1. The standard InChI is InChI=1S/C13H21N3O3/c1-6-19-9(13(3,4)5)11-15-7(2)8(12(17)18)10(14)16-11/h9H,6H2,1-5H3,(H,17,18)(H2,14,15,16). The highest BCUT2D eigenvalue weighted by Gasteiger charge is 2.31. The van der Waals surface area contributed by atoms with E-state index in [2.05, 4.69) is 9.97 Å². The fraction of sp³-hybridized carbons (Fsp3) is 0.615. The van der Waals surface area contributed by atoms with Gasteiger partial charge < -0.3 is 15.6 Å². The maximum Gasteiger partial charge on any atom is 0.341 e. The second-order valence-corrected chi connectivity index (χ2v) is 5.43. The van der Waals surface area contributed by atoms with E-state index in [0.717, 1.165) is 0 Å². The van der Waals surface area contributed by atoms with Crippen molar-refractivity contribution in [3.63, 3.8) is 0 Å². The van der Waals surface area contributed by atoms with Gasteiger partial charge in [-0.05, 0) is 19.3 Å². The first-order chi connectivity index (χ1) is 8.68. The number of aryl methyl sites for hydroxylation is 1. The molecule has 0 aromatic carbocycles. The van der Waals surface area contributed by atoms with Crippen molar-refractivity contribution in [2.75, 3.05) is 12.3 Å². The Morgan fingerprint density at radius 3 is 2.37 bits per heavy atom. The number of aromatic carboxylic acids is 1. The zero-order chi connectivity index (χ0) is 14.8. The fourth-order valence-corrected chi connectivity index (χ4v) is 1.88. The van der Waals surface area contributed by atoms with Crippen LogP contribution >= 0.6 is 0 Å². The van der Waals surface area contributed by atoms with Crippen LogP contribution in [0.2, 0.25) is 0 Å². The highest BCUT2D eigenvalue weighted by Crippen LogP contribution is 2.35. The predicted molar refractivity (Wildman–Crippen MR) is 72.0 cm³/mol. The third-order valence-corrected chi connectivity index (χ3v) is 2.70. The maximum absolute atomic E-state index is 11.1. The van der Waals surface area contributed by atoms with Crippen LogP contribution in [0.4, 0.5) is 5.82 Å². The summed E-state index contributed by atoms with van der Waals surface area (Å²) in [6.07, 6.45) is -0.332. The maximum atomic E-state index is 11.1. The number of nitrogens with two attached hydrogens (primary N) is 1. The van der Waals surface area contributed by atoms with Crippen LogP contribution in [0, 0.1) is 12.3 Å². The number of nitrogens with zero attached hydrogens (tertiary/aromatic N) is 2. The number of hydrogen-bond acceptors (Lipinski definition) is 5. The van der Waals surface area contributed by atoms with Gasteiger partial charge in [0.25, 0.3) is 0 Å². The Bertz CT molecular complexity index is 458. The number of anilines is 1. The van der Waals surface area contributed by atoms with Gasteiger partial charge in [-0.2, -0.15) is 0 Å². The van der Waals surface area contributed by atoms with Gasteiger partial charge in [0.05, 0.1) is 5.69 Å². The minimum Gasteiger partial charge on any atom is -0.477 e. The molecule has 6 heteroatoms. The topological polar surface area (TPSA) is 98.3 Å². The number of carboxylic acid groups (broad SMARTS) is 1. The van der Waals surface area contributed by atoms with Crippen molar-refractivity contribution in [3.8, 4) is 0 Å². The minimum atomic E-state index is -1.12. The molecule has 0 amide bonds. The summed E-state index contributed by atoms with van der Waals surface area (Å²) in [7, 11) is 0.